The molecule has 0 amide bonds. The lowest BCUT2D eigenvalue weighted by molar-refractivity contribution is 0.607. The molecule has 0 saturated heterocycles. The van der Waals surface area contributed by atoms with E-state index in [9.17, 15) is 0 Å². The first kappa shape index (κ1) is 48.9. The number of aryl methyl sites for hydroxylation is 2. The molecule has 10 aromatic carbocycles. The van der Waals surface area contributed by atoms with Crippen molar-refractivity contribution < 1.29 is 0 Å². The molecule has 10 aromatic rings. The first-order valence-corrected chi connectivity index (χ1v) is 27.8. The Balaban J connectivity index is 1.06. The average Bonchev–Trinajstić information content (AvgIpc) is 3.44. The molecule has 360 valence electrons. The summed E-state index contributed by atoms with van der Waals surface area (Å²) in [5.74, 6) is 0. The highest BCUT2D eigenvalue weighted by molar-refractivity contribution is 9.10. The third-order valence-corrected chi connectivity index (χ3v) is 15.7. The number of nitrogens with zero attached hydrogens (tertiary/aromatic N) is 1. The normalized spacial score (nSPS) is 11.5. The van der Waals surface area contributed by atoms with Crippen LogP contribution in [0.4, 0.5) is 17.1 Å². The van der Waals surface area contributed by atoms with Crippen molar-refractivity contribution in [3.63, 3.8) is 0 Å². The van der Waals surface area contributed by atoms with Crippen LogP contribution in [0, 0.1) is 0 Å². The zero-order valence-corrected chi connectivity index (χ0v) is 43.9. The van der Waals surface area contributed by atoms with Crippen LogP contribution in [-0.2, 0) is 12.8 Å². The molecule has 0 saturated carbocycles. The molecule has 0 atom stereocenters. The van der Waals surface area contributed by atoms with Gasteiger partial charge < -0.3 is 4.90 Å². The number of benzene rings is 10. The molecule has 0 radical (unpaired) electrons. The van der Waals surface area contributed by atoms with Gasteiger partial charge in [0, 0.05) is 21.5 Å². The van der Waals surface area contributed by atoms with Crippen molar-refractivity contribution in [2.24, 2.45) is 0 Å². The third kappa shape index (κ3) is 10.9. The van der Waals surface area contributed by atoms with Crippen LogP contribution in [0.25, 0.3) is 76.8 Å². The number of anilines is 3. The Bertz CT molecular complexity index is 3370. The molecule has 0 N–H and O–H groups in total. The average molecular weight is 1000 g/mol. The van der Waals surface area contributed by atoms with E-state index in [0.29, 0.717) is 0 Å². The van der Waals surface area contributed by atoms with Gasteiger partial charge >= 0.3 is 0 Å². The van der Waals surface area contributed by atoms with Gasteiger partial charge in [-0.2, -0.15) is 0 Å². The van der Waals surface area contributed by atoms with Gasteiger partial charge in [0.15, 0.2) is 0 Å². The quantitative estimate of drug-likeness (QED) is 0.0649. The lowest BCUT2D eigenvalue weighted by Crippen LogP contribution is -2.09. The van der Waals surface area contributed by atoms with Gasteiger partial charge in [-0.3, -0.25) is 0 Å². The van der Waals surface area contributed by atoms with Gasteiger partial charge in [-0.05, 0) is 162 Å². The predicted octanol–water partition coefficient (Wildman–Crippen LogP) is 21.9. The minimum atomic E-state index is 1.07. The van der Waals surface area contributed by atoms with Gasteiger partial charge in [-0.25, -0.2) is 0 Å². The van der Waals surface area contributed by atoms with E-state index in [4.69, 9.17) is 0 Å². The van der Waals surface area contributed by atoms with E-state index in [-0.39, 0.29) is 0 Å². The standard InChI is InChI=1S/C70H68BrN/c1-3-5-7-9-11-14-27-56-35-34-53-26-18-19-29-62(53)69(56)70-57(28-15-12-10-8-6-4-2)50-67(64-31-21-23-33-66(64)70)55-40-46-60(47-41-55)72(58-42-36-52(37-43-58)51-24-16-13-17-25-51)59-44-38-54(39-45-59)61-48-49-68(71)65-32-22-20-30-63(61)65/h13,16-26,29-50H,3-12,14-15,27-28H2,1-2H3. The number of hydrogen-bond acceptors (Lipinski definition) is 1. The second-order valence-corrected chi connectivity index (χ2v) is 20.7. The highest BCUT2D eigenvalue weighted by atomic mass is 79.9. The highest BCUT2D eigenvalue weighted by Crippen LogP contribution is 2.45. The van der Waals surface area contributed by atoms with E-state index >= 15 is 0 Å². The topological polar surface area (TPSA) is 3.24 Å². The summed E-state index contributed by atoms with van der Waals surface area (Å²) in [7, 11) is 0. The summed E-state index contributed by atoms with van der Waals surface area (Å²) in [5, 5.41) is 7.84. The molecule has 0 unspecified atom stereocenters. The molecule has 0 heterocycles. The fraction of sp³-hybridized carbons (Fsp3) is 0.229. The Kier molecular flexibility index (Phi) is 16.1. The van der Waals surface area contributed by atoms with Crippen LogP contribution in [0.3, 0.4) is 0 Å². The van der Waals surface area contributed by atoms with E-state index in [1.54, 1.807) is 0 Å². The fourth-order valence-electron chi connectivity index (χ4n) is 11.2. The molecule has 2 heteroatoms. The molecule has 1 nitrogen and oxygen atoms in total. The summed E-state index contributed by atoms with van der Waals surface area (Å²) >= 11 is 3.79. The summed E-state index contributed by atoms with van der Waals surface area (Å²) in [6.07, 6.45) is 17.7. The van der Waals surface area contributed by atoms with Crippen LogP contribution in [0.15, 0.2) is 211 Å². The number of hydrogen-bond donors (Lipinski definition) is 0. The van der Waals surface area contributed by atoms with Crippen LogP contribution in [0.2, 0.25) is 0 Å². The van der Waals surface area contributed by atoms with E-state index in [0.717, 1.165) is 34.4 Å². The van der Waals surface area contributed by atoms with Crippen LogP contribution in [0.5, 0.6) is 0 Å². The molecule has 0 spiro atoms. The minimum Gasteiger partial charge on any atom is -0.311 e. The first-order chi connectivity index (χ1) is 35.6. The maximum absolute atomic E-state index is 3.79. The first-order valence-electron chi connectivity index (χ1n) is 27.0. The molecule has 0 aromatic heterocycles. The second-order valence-electron chi connectivity index (χ2n) is 19.8. The SMILES string of the molecule is CCCCCCCCc1ccc2ccccc2c1-c1c(CCCCCCCC)cc(-c2ccc(N(c3ccc(-c4ccccc4)cc3)c3ccc(-c4ccc(Br)c5ccccc45)cc3)cc2)c2ccccc12. The van der Waals surface area contributed by atoms with E-state index in [2.05, 4.69) is 241 Å². The monoisotopic (exact) mass is 1000 g/mol. The van der Waals surface area contributed by atoms with Gasteiger partial charge in [0.25, 0.3) is 0 Å². The lowest BCUT2D eigenvalue weighted by atomic mass is 9.82. The highest BCUT2D eigenvalue weighted by Gasteiger charge is 2.21. The molecular formula is C70H68BrN. The molecular weight excluding hydrogens is 935 g/mol. The molecule has 0 aliphatic rings. The van der Waals surface area contributed by atoms with Crippen molar-refractivity contribution in [1.29, 1.82) is 0 Å². The predicted molar refractivity (Wildman–Crippen MR) is 317 cm³/mol. The van der Waals surface area contributed by atoms with Crippen molar-refractivity contribution in [2.75, 3.05) is 4.90 Å². The van der Waals surface area contributed by atoms with Crippen molar-refractivity contribution in [1.82, 2.24) is 0 Å². The summed E-state index contributed by atoms with van der Waals surface area (Å²) < 4.78 is 1.11. The van der Waals surface area contributed by atoms with E-state index in [1.807, 2.05) is 0 Å². The van der Waals surface area contributed by atoms with Gasteiger partial charge in [0.2, 0.25) is 0 Å². The van der Waals surface area contributed by atoms with Crippen molar-refractivity contribution in [3.05, 3.63) is 222 Å². The fourth-order valence-corrected chi connectivity index (χ4v) is 11.6. The Morgan fingerprint density at radius 1 is 0.319 bits per heavy atom. The van der Waals surface area contributed by atoms with Crippen molar-refractivity contribution in [3.8, 4) is 44.5 Å². The van der Waals surface area contributed by atoms with Gasteiger partial charge in [0.1, 0.15) is 0 Å². The molecule has 0 fully saturated rings. The molecule has 0 bridgehead atoms. The smallest absolute Gasteiger partial charge is 0.0462 e. The lowest BCUT2D eigenvalue weighted by Gasteiger charge is -2.26. The van der Waals surface area contributed by atoms with E-state index < -0.39 is 0 Å². The maximum atomic E-state index is 3.79. The molecule has 10 rings (SSSR count). The van der Waals surface area contributed by atoms with Crippen molar-refractivity contribution in [2.45, 2.75) is 104 Å². The second kappa shape index (κ2) is 23.7. The summed E-state index contributed by atoms with van der Waals surface area (Å²) in [4.78, 5) is 2.40. The van der Waals surface area contributed by atoms with Gasteiger partial charge in [-0.15, -0.1) is 0 Å². The Morgan fingerprint density at radius 3 is 1.38 bits per heavy atom. The summed E-state index contributed by atoms with van der Waals surface area (Å²) in [6, 6.07) is 77.0. The zero-order valence-electron chi connectivity index (χ0n) is 42.4. The van der Waals surface area contributed by atoms with Crippen molar-refractivity contribution >= 4 is 65.3 Å². The van der Waals surface area contributed by atoms with Gasteiger partial charge in [-0.1, -0.05) is 252 Å². The Labute approximate surface area is 437 Å². The van der Waals surface area contributed by atoms with E-state index in [1.165, 1.54) is 165 Å². The Morgan fingerprint density at radius 2 is 0.764 bits per heavy atom. The number of rotatable bonds is 21. The number of unbranched alkanes of at least 4 members (excludes halogenated alkanes) is 10. The third-order valence-electron chi connectivity index (χ3n) is 15.0. The summed E-state index contributed by atoms with van der Waals surface area (Å²) in [5.41, 5.74) is 16.6. The van der Waals surface area contributed by atoms with Crippen LogP contribution >= 0.6 is 15.9 Å². The molecule has 0 aliphatic heterocycles. The molecule has 72 heavy (non-hydrogen) atoms. The number of halogens is 1. The summed E-state index contributed by atoms with van der Waals surface area (Å²) in [6.45, 7) is 4.62. The maximum Gasteiger partial charge on any atom is 0.0462 e. The largest absolute Gasteiger partial charge is 0.311 e. The van der Waals surface area contributed by atoms with Crippen LogP contribution in [-0.4, -0.2) is 0 Å². The zero-order chi connectivity index (χ0) is 49.1. The van der Waals surface area contributed by atoms with Gasteiger partial charge in [0.05, 0.1) is 0 Å². The molecule has 0 aliphatic carbocycles. The van der Waals surface area contributed by atoms with Crippen LogP contribution in [0.1, 0.15) is 102 Å². The minimum absolute atomic E-state index is 1.07. The Hall–Kier alpha value is -6.74. The van der Waals surface area contributed by atoms with Crippen LogP contribution < -0.4 is 4.90 Å². The number of fused-ring (bicyclic) bond motifs is 3.